The first kappa shape index (κ1) is 22.0. The second-order valence-electron chi connectivity index (χ2n) is 7.84. The van der Waals surface area contributed by atoms with Crippen molar-refractivity contribution in [3.05, 3.63) is 24.0 Å². The molecule has 1 saturated carbocycles. The number of amides is 2. The van der Waals surface area contributed by atoms with Gasteiger partial charge in [-0.25, -0.2) is 0 Å². The molecule has 156 valence electrons. The van der Waals surface area contributed by atoms with Crippen molar-refractivity contribution in [1.82, 2.24) is 14.4 Å². The molecule has 1 aromatic heterocycles. The van der Waals surface area contributed by atoms with Crippen LogP contribution in [0, 0.1) is 5.92 Å². The number of ether oxygens (including phenoxy) is 1. The van der Waals surface area contributed by atoms with Gasteiger partial charge in [0.05, 0.1) is 19.6 Å². The molecular formula is C21H33N3O4. The highest BCUT2D eigenvalue weighted by molar-refractivity contribution is 5.87. The van der Waals surface area contributed by atoms with Gasteiger partial charge in [0.1, 0.15) is 6.54 Å². The fourth-order valence-electron chi connectivity index (χ4n) is 3.19. The number of nitrogens with zero attached hydrogens (tertiary/aromatic N) is 3. The van der Waals surface area contributed by atoms with E-state index in [9.17, 15) is 14.4 Å². The topological polar surface area (TPSA) is 71.8 Å². The van der Waals surface area contributed by atoms with Crippen molar-refractivity contribution in [3.8, 4) is 0 Å². The Morgan fingerprint density at radius 1 is 1.21 bits per heavy atom. The van der Waals surface area contributed by atoms with E-state index in [-0.39, 0.29) is 43.2 Å². The summed E-state index contributed by atoms with van der Waals surface area (Å²) in [6, 6.07) is 4.08. The third-order valence-corrected chi connectivity index (χ3v) is 4.80. The van der Waals surface area contributed by atoms with Crippen molar-refractivity contribution in [2.45, 2.75) is 59.0 Å². The predicted octanol–water partition coefficient (Wildman–Crippen LogP) is 2.34. The van der Waals surface area contributed by atoms with Crippen molar-refractivity contribution in [2.24, 2.45) is 13.0 Å². The van der Waals surface area contributed by atoms with Gasteiger partial charge in [-0.3, -0.25) is 14.4 Å². The van der Waals surface area contributed by atoms with Crippen LogP contribution in [0.5, 0.6) is 0 Å². The smallest absolute Gasteiger partial charge is 0.306 e. The minimum atomic E-state index is -0.372. The third kappa shape index (κ3) is 6.69. The van der Waals surface area contributed by atoms with Gasteiger partial charge < -0.3 is 19.1 Å². The van der Waals surface area contributed by atoms with Gasteiger partial charge in [-0.2, -0.15) is 0 Å². The Morgan fingerprint density at radius 2 is 1.93 bits per heavy atom. The standard InChI is InChI=1S/C21H33N3O4/c1-5-28-21(27)11-10-19(25)24(17-8-9-17)15-20(26)23(13-16(2)3)14-18-7-6-12-22(18)4/h6-7,12,16-17H,5,8-11,13-15H2,1-4H3. The lowest BCUT2D eigenvalue weighted by Gasteiger charge is -2.29. The van der Waals surface area contributed by atoms with E-state index in [1.54, 1.807) is 11.8 Å². The molecule has 1 aromatic rings. The molecule has 0 spiro atoms. The SMILES string of the molecule is CCOC(=O)CCC(=O)N(CC(=O)N(Cc1cccn1C)CC(C)C)C1CC1. The van der Waals surface area contributed by atoms with Gasteiger partial charge in [0.25, 0.3) is 0 Å². The Bertz CT molecular complexity index is 679. The van der Waals surface area contributed by atoms with Gasteiger partial charge in [-0.15, -0.1) is 0 Å². The lowest BCUT2D eigenvalue weighted by atomic mass is 10.2. The maximum absolute atomic E-state index is 13.0. The van der Waals surface area contributed by atoms with E-state index < -0.39 is 0 Å². The fraction of sp³-hybridized carbons (Fsp3) is 0.667. The molecule has 1 aliphatic rings. The van der Waals surface area contributed by atoms with Crippen LogP contribution in [0.25, 0.3) is 0 Å². The zero-order chi connectivity index (χ0) is 20.7. The summed E-state index contributed by atoms with van der Waals surface area (Å²) in [7, 11) is 1.96. The van der Waals surface area contributed by atoms with Crippen LogP contribution in [0.2, 0.25) is 0 Å². The molecule has 0 radical (unpaired) electrons. The summed E-state index contributed by atoms with van der Waals surface area (Å²) in [6.45, 7) is 7.44. The van der Waals surface area contributed by atoms with Gasteiger partial charge in [0.15, 0.2) is 0 Å². The molecule has 0 bridgehead atoms. The maximum Gasteiger partial charge on any atom is 0.306 e. The van der Waals surface area contributed by atoms with Gasteiger partial charge in [-0.1, -0.05) is 13.8 Å². The van der Waals surface area contributed by atoms with Crippen LogP contribution in [-0.4, -0.2) is 57.9 Å². The number of carbonyl (C=O) groups is 3. The molecule has 1 aliphatic carbocycles. The largest absolute Gasteiger partial charge is 0.466 e. The summed E-state index contributed by atoms with van der Waals surface area (Å²) < 4.78 is 6.90. The molecule has 0 aromatic carbocycles. The molecule has 0 saturated heterocycles. The highest BCUT2D eigenvalue weighted by atomic mass is 16.5. The van der Waals surface area contributed by atoms with Gasteiger partial charge in [-0.05, 0) is 37.8 Å². The van der Waals surface area contributed by atoms with E-state index in [4.69, 9.17) is 4.74 Å². The molecule has 7 heteroatoms. The summed E-state index contributed by atoms with van der Waals surface area (Å²) in [5, 5.41) is 0. The highest BCUT2D eigenvalue weighted by Gasteiger charge is 2.34. The van der Waals surface area contributed by atoms with Crippen LogP contribution >= 0.6 is 0 Å². The number of aromatic nitrogens is 1. The van der Waals surface area contributed by atoms with E-state index in [1.807, 2.05) is 34.8 Å². The van der Waals surface area contributed by atoms with E-state index in [0.29, 0.717) is 25.6 Å². The molecule has 0 N–H and O–H groups in total. The first-order chi connectivity index (χ1) is 13.3. The third-order valence-electron chi connectivity index (χ3n) is 4.80. The second-order valence-corrected chi connectivity index (χ2v) is 7.84. The first-order valence-electron chi connectivity index (χ1n) is 10.1. The van der Waals surface area contributed by atoms with Crippen LogP contribution in [0.3, 0.4) is 0 Å². The molecule has 28 heavy (non-hydrogen) atoms. The van der Waals surface area contributed by atoms with Crippen molar-refractivity contribution in [1.29, 1.82) is 0 Å². The second kappa shape index (κ2) is 10.3. The fourth-order valence-corrected chi connectivity index (χ4v) is 3.19. The van der Waals surface area contributed by atoms with Crippen LogP contribution < -0.4 is 0 Å². The molecular weight excluding hydrogens is 358 g/mol. The maximum atomic E-state index is 13.0. The van der Waals surface area contributed by atoms with Crippen molar-refractivity contribution < 1.29 is 19.1 Å². The minimum absolute atomic E-state index is 0.0497. The number of aryl methyl sites for hydroxylation is 1. The van der Waals surface area contributed by atoms with Crippen LogP contribution in [0.4, 0.5) is 0 Å². The molecule has 2 rings (SSSR count). The summed E-state index contributed by atoms with van der Waals surface area (Å²) in [5.74, 6) is -0.236. The summed E-state index contributed by atoms with van der Waals surface area (Å²) >= 11 is 0. The Hall–Kier alpha value is -2.31. The Kier molecular flexibility index (Phi) is 8.08. The van der Waals surface area contributed by atoms with E-state index >= 15 is 0 Å². The van der Waals surface area contributed by atoms with E-state index in [1.165, 1.54) is 0 Å². The molecule has 0 aliphatic heterocycles. The van der Waals surface area contributed by atoms with Crippen molar-refractivity contribution in [2.75, 3.05) is 19.7 Å². The predicted molar refractivity (Wildman–Crippen MR) is 106 cm³/mol. The zero-order valence-electron chi connectivity index (χ0n) is 17.5. The van der Waals surface area contributed by atoms with E-state index in [2.05, 4.69) is 13.8 Å². The number of carbonyl (C=O) groups excluding carboxylic acids is 3. The first-order valence-corrected chi connectivity index (χ1v) is 10.1. The molecule has 1 heterocycles. The number of rotatable bonds is 11. The monoisotopic (exact) mass is 391 g/mol. The molecule has 7 nitrogen and oxygen atoms in total. The average Bonchev–Trinajstić information content (AvgIpc) is 3.39. The number of hydrogen-bond acceptors (Lipinski definition) is 4. The van der Waals surface area contributed by atoms with Crippen LogP contribution in [-0.2, 0) is 32.7 Å². The quantitative estimate of drug-likeness (QED) is 0.543. The van der Waals surface area contributed by atoms with Gasteiger partial charge in [0, 0.05) is 37.9 Å². The lowest BCUT2D eigenvalue weighted by Crippen LogP contribution is -2.45. The zero-order valence-corrected chi connectivity index (χ0v) is 17.5. The van der Waals surface area contributed by atoms with Crippen molar-refractivity contribution >= 4 is 17.8 Å². The Balaban J connectivity index is 2.00. The summed E-state index contributed by atoms with van der Waals surface area (Å²) in [5.41, 5.74) is 1.06. The average molecular weight is 392 g/mol. The normalized spacial score (nSPS) is 13.5. The van der Waals surface area contributed by atoms with E-state index in [0.717, 1.165) is 18.5 Å². The van der Waals surface area contributed by atoms with Crippen LogP contribution in [0.1, 0.15) is 52.1 Å². The summed E-state index contributed by atoms with van der Waals surface area (Å²) in [4.78, 5) is 40.7. The Labute approximate surface area is 167 Å². The van der Waals surface area contributed by atoms with Crippen molar-refractivity contribution in [3.63, 3.8) is 0 Å². The molecule has 2 amide bonds. The number of hydrogen-bond donors (Lipinski definition) is 0. The van der Waals surface area contributed by atoms with Crippen LogP contribution in [0.15, 0.2) is 18.3 Å². The minimum Gasteiger partial charge on any atom is -0.466 e. The highest BCUT2D eigenvalue weighted by Crippen LogP contribution is 2.28. The lowest BCUT2D eigenvalue weighted by molar-refractivity contribution is -0.146. The number of esters is 1. The summed E-state index contributed by atoms with van der Waals surface area (Å²) in [6.07, 6.45) is 3.94. The Morgan fingerprint density at radius 3 is 2.46 bits per heavy atom. The van der Waals surface area contributed by atoms with Gasteiger partial charge >= 0.3 is 5.97 Å². The van der Waals surface area contributed by atoms with Gasteiger partial charge in [0.2, 0.25) is 11.8 Å². The molecule has 0 unspecified atom stereocenters. The molecule has 1 fully saturated rings. The molecule has 0 atom stereocenters.